The summed E-state index contributed by atoms with van der Waals surface area (Å²) in [6.07, 6.45) is 4.99. The molecule has 1 aromatic carbocycles. The number of halogens is 1. The van der Waals surface area contributed by atoms with Crippen molar-refractivity contribution in [3.8, 4) is 0 Å². The van der Waals surface area contributed by atoms with Crippen molar-refractivity contribution < 1.29 is 5.11 Å². The minimum Gasteiger partial charge on any atom is -0.396 e. The molecule has 15 heavy (non-hydrogen) atoms. The minimum absolute atomic E-state index is 0.334. The van der Waals surface area contributed by atoms with Gasteiger partial charge in [0.25, 0.3) is 0 Å². The van der Waals surface area contributed by atoms with Crippen molar-refractivity contribution in [1.29, 1.82) is 0 Å². The maximum atomic E-state index is 9.37. The highest BCUT2D eigenvalue weighted by Crippen LogP contribution is 2.35. The quantitative estimate of drug-likeness (QED) is 0.888. The first-order valence-electron chi connectivity index (χ1n) is 5.65. The topological polar surface area (TPSA) is 20.2 Å². The number of hydrogen-bond donors (Lipinski definition) is 1. The van der Waals surface area contributed by atoms with E-state index in [1.54, 1.807) is 0 Å². The van der Waals surface area contributed by atoms with Crippen LogP contribution in [0.1, 0.15) is 24.8 Å². The average Bonchev–Trinajstić information content (AvgIpc) is 2.17. The van der Waals surface area contributed by atoms with Crippen LogP contribution >= 0.6 is 15.9 Å². The largest absolute Gasteiger partial charge is 0.396 e. The Labute approximate surface area is 99.6 Å². The Hall–Kier alpha value is -0.340. The lowest BCUT2D eigenvalue weighted by Crippen LogP contribution is -2.26. The zero-order valence-electron chi connectivity index (χ0n) is 8.82. The molecular weight excluding hydrogens is 252 g/mol. The highest BCUT2D eigenvalue weighted by molar-refractivity contribution is 9.10. The van der Waals surface area contributed by atoms with Gasteiger partial charge in [-0.25, -0.2) is 0 Å². The molecule has 0 aliphatic heterocycles. The van der Waals surface area contributed by atoms with Gasteiger partial charge in [-0.1, -0.05) is 47.3 Å². The predicted octanol–water partition coefficient (Wildman–Crippen LogP) is 3.40. The summed E-state index contributed by atoms with van der Waals surface area (Å²) in [7, 11) is 0. The molecule has 0 saturated heterocycles. The van der Waals surface area contributed by atoms with Crippen LogP contribution in [0, 0.1) is 11.8 Å². The van der Waals surface area contributed by atoms with Crippen LogP contribution in [-0.2, 0) is 6.42 Å². The van der Waals surface area contributed by atoms with Crippen LogP contribution in [0.25, 0.3) is 0 Å². The highest BCUT2D eigenvalue weighted by Gasteiger charge is 2.26. The van der Waals surface area contributed by atoms with Gasteiger partial charge < -0.3 is 5.11 Å². The Kier molecular flexibility index (Phi) is 3.81. The van der Waals surface area contributed by atoms with Gasteiger partial charge >= 0.3 is 0 Å². The number of aliphatic hydroxyl groups excluding tert-OH is 1. The monoisotopic (exact) mass is 268 g/mol. The summed E-state index contributed by atoms with van der Waals surface area (Å²) in [6, 6.07) is 8.44. The van der Waals surface area contributed by atoms with E-state index in [4.69, 9.17) is 0 Å². The van der Waals surface area contributed by atoms with Crippen LogP contribution in [0.4, 0.5) is 0 Å². The maximum absolute atomic E-state index is 9.37. The van der Waals surface area contributed by atoms with E-state index in [0.29, 0.717) is 12.5 Å². The zero-order valence-corrected chi connectivity index (χ0v) is 10.4. The molecule has 1 aromatic rings. The van der Waals surface area contributed by atoms with Gasteiger partial charge in [0.15, 0.2) is 0 Å². The van der Waals surface area contributed by atoms with Crippen molar-refractivity contribution in [2.45, 2.75) is 25.7 Å². The first kappa shape index (κ1) is 11.2. The lowest BCUT2D eigenvalue weighted by atomic mass is 9.74. The molecule has 2 heteroatoms. The van der Waals surface area contributed by atoms with E-state index in [2.05, 4.69) is 40.2 Å². The fourth-order valence-electron chi connectivity index (χ4n) is 2.21. The van der Waals surface area contributed by atoms with Crippen LogP contribution < -0.4 is 0 Å². The molecule has 0 aromatic heterocycles. The van der Waals surface area contributed by atoms with E-state index < -0.39 is 0 Å². The van der Waals surface area contributed by atoms with Crippen LogP contribution in [0.5, 0.6) is 0 Å². The van der Waals surface area contributed by atoms with E-state index in [9.17, 15) is 5.11 Å². The standard InChI is InChI=1S/C13H17BrO/c14-13-6-4-10(5-7-13)8-12(9-15)11-2-1-3-11/h4-7,11-12,15H,1-3,8-9H2. The number of rotatable bonds is 4. The summed E-state index contributed by atoms with van der Waals surface area (Å²) in [5.41, 5.74) is 1.34. The molecule has 0 heterocycles. The normalized spacial score (nSPS) is 18.5. The summed E-state index contributed by atoms with van der Waals surface area (Å²) in [6.45, 7) is 0.334. The van der Waals surface area contributed by atoms with Gasteiger partial charge in [0.1, 0.15) is 0 Å². The Morgan fingerprint density at radius 3 is 2.40 bits per heavy atom. The van der Waals surface area contributed by atoms with Gasteiger partial charge in [0.05, 0.1) is 0 Å². The fraction of sp³-hybridized carbons (Fsp3) is 0.538. The summed E-state index contributed by atoms with van der Waals surface area (Å²) in [4.78, 5) is 0. The molecule has 0 spiro atoms. The van der Waals surface area contributed by atoms with Crippen molar-refractivity contribution in [3.05, 3.63) is 34.3 Å². The van der Waals surface area contributed by atoms with Crippen LogP contribution in [0.2, 0.25) is 0 Å². The van der Waals surface area contributed by atoms with Gasteiger partial charge in [0, 0.05) is 11.1 Å². The van der Waals surface area contributed by atoms with Gasteiger partial charge in [-0.2, -0.15) is 0 Å². The van der Waals surface area contributed by atoms with E-state index in [1.807, 2.05) is 0 Å². The maximum Gasteiger partial charge on any atom is 0.0465 e. The molecule has 1 N–H and O–H groups in total. The van der Waals surface area contributed by atoms with Crippen molar-refractivity contribution >= 4 is 15.9 Å². The van der Waals surface area contributed by atoms with Crippen molar-refractivity contribution in [1.82, 2.24) is 0 Å². The third-order valence-corrected chi connectivity index (χ3v) is 3.99. The van der Waals surface area contributed by atoms with Crippen LogP contribution in [-0.4, -0.2) is 11.7 Å². The molecular formula is C13H17BrO. The molecule has 0 radical (unpaired) electrons. The third-order valence-electron chi connectivity index (χ3n) is 3.46. The molecule has 2 rings (SSSR count). The number of benzene rings is 1. The smallest absolute Gasteiger partial charge is 0.0465 e. The minimum atomic E-state index is 0.334. The Morgan fingerprint density at radius 1 is 1.27 bits per heavy atom. The van der Waals surface area contributed by atoms with E-state index in [1.165, 1.54) is 24.8 Å². The van der Waals surface area contributed by atoms with Crippen LogP contribution in [0.3, 0.4) is 0 Å². The summed E-state index contributed by atoms with van der Waals surface area (Å²) in [5, 5.41) is 9.37. The second kappa shape index (κ2) is 5.13. The van der Waals surface area contributed by atoms with E-state index in [0.717, 1.165) is 16.8 Å². The summed E-state index contributed by atoms with van der Waals surface area (Å²) >= 11 is 3.43. The molecule has 1 fully saturated rings. The second-order valence-electron chi connectivity index (χ2n) is 4.46. The average molecular weight is 269 g/mol. The molecule has 82 valence electrons. The Bertz CT molecular complexity index is 303. The lowest BCUT2D eigenvalue weighted by Gasteiger charge is -2.32. The molecule has 0 amide bonds. The molecule has 1 aliphatic rings. The van der Waals surface area contributed by atoms with Crippen molar-refractivity contribution in [2.75, 3.05) is 6.61 Å². The van der Waals surface area contributed by atoms with E-state index in [-0.39, 0.29) is 0 Å². The first-order chi connectivity index (χ1) is 7.29. The molecule has 1 saturated carbocycles. The SMILES string of the molecule is OCC(Cc1ccc(Br)cc1)C1CCC1. The van der Waals surface area contributed by atoms with Crippen molar-refractivity contribution in [3.63, 3.8) is 0 Å². The van der Waals surface area contributed by atoms with Gasteiger partial charge in [-0.15, -0.1) is 0 Å². The Balaban J connectivity index is 1.96. The Morgan fingerprint density at radius 2 is 1.93 bits per heavy atom. The third kappa shape index (κ3) is 2.82. The van der Waals surface area contributed by atoms with E-state index >= 15 is 0 Å². The lowest BCUT2D eigenvalue weighted by molar-refractivity contribution is 0.123. The highest BCUT2D eigenvalue weighted by atomic mass is 79.9. The number of hydrogen-bond acceptors (Lipinski definition) is 1. The molecule has 0 bridgehead atoms. The van der Waals surface area contributed by atoms with Gasteiger partial charge in [0.2, 0.25) is 0 Å². The first-order valence-corrected chi connectivity index (χ1v) is 6.44. The second-order valence-corrected chi connectivity index (χ2v) is 5.38. The molecule has 1 atom stereocenters. The predicted molar refractivity (Wildman–Crippen MR) is 65.8 cm³/mol. The molecule has 1 unspecified atom stereocenters. The van der Waals surface area contributed by atoms with Gasteiger partial charge in [-0.3, -0.25) is 0 Å². The summed E-state index contributed by atoms with van der Waals surface area (Å²) in [5.74, 6) is 1.23. The fourth-order valence-corrected chi connectivity index (χ4v) is 2.48. The molecule has 1 nitrogen and oxygen atoms in total. The summed E-state index contributed by atoms with van der Waals surface area (Å²) < 4.78 is 1.12. The zero-order chi connectivity index (χ0) is 10.7. The number of aliphatic hydroxyl groups is 1. The van der Waals surface area contributed by atoms with Crippen molar-refractivity contribution in [2.24, 2.45) is 11.8 Å². The van der Waals surface area contributed by atoms with Gasteiger partial charge in [-0.05, 0) is 36.0 Å². The van der Waals surface area contributed by atoms with Crippen LogP contribution in [0.15, 0.2) is 28.7 Å². The molecule has 1 aliphatic carbocycles.